The van der Waals surface area contributed by atoms with Crippen LogP contribution in [0.2, 0.25) is 0 Å². The van der Waals surface area contributed by atoms with Crippen molar-refractivity contribution in [1.82, 2.24) is 0 Å². The molecule has 0 nitrogen and oxygen atoms in total. The van der Waals surface area contributed by atoms with Gasteiger partial charge in [-0.05, 0) is 30.4 Å². The molecular formula is C9H10S2. The van der Waals surface area contributed by atoms with Gasteiger partial charge >= 0.3 is 0 Å². The summed E-state index contributed by atoms with van der Waals surface area (Å²) in [6.45, 7) is 4.40. The summed E-state index contributed by atoms with van der Waals surface area (Å²) < 4.78 is 1.49. The highest BCUT2D eigenvalue weighted by molar-refractivity contribution is 7.37. The Bertz CT molecular complexity index is 368. The molecule has 11 heavy (non-hydrogen) atoms. The van der Waals surface area contributed by atoms with Crippen molar-refractivity contribution in [2.45, 2.75) is 20.3 Å². The molecule has 0 saturated carbocycles. The zero-order chi connectivity index (χ0) is 7.84. The number of fused-ring (bicyclic) bond motifs is 1. The van der Waals surface area contributed by atoms with Crippen LogP contribution in [-0.4, -0.2) is 0 Å². The Morgan fingerprint density at radius 2 is 2.27 bits per heavy atom. The molecule has 0 atom stereocenters. The standard InChI is InChI=1S/C9H10S2/c1-3-7-4-8-6(2)5-10-9(8)11-7/h4-5H,3H2,1-2H3. The monoisotopic (exact) mass is 182 g/mol. The SMILES string of the molecule is CCc1cc2c(C)csc2s1. The van der Waals surface area contributed by atoms with Crippen molar-refractivity contribution in [3.63, 3.8) is 0 Å². The van der Waals surface area contributed by atoms with Crippen molar-refractivity contribution in [1.29, 1.82) is 0 Å². The van der Waals surface area contributed by atoms with E-state index in [1.54, 1.807) is 0 Å². The summed E-state index contributed by atoms with van der Waals surface area (Å²) in [5.41, 5.74) is 1.43. The minimum absolute atomic E-state index is 1.17. The van der Waals surface area contributed by atoms with Gasteiger partial charge in [0.05, 0.1) is 4.01 Å². The first-order chi connectivity index (χ1) is 5.31. The topological polar surface area (TPSA) is 0 Å². The molecule has 0 bridgehead atoms. The van der Waals surface area contributed by atoms with E-state index in [9.17, 15) is 0 Å². The van der Waals surface area contributed by atoms with Crippen molar-refractivity contribution in [3.05, 3.63) is 21.9 Å². The second-order valence-corrected chi connectivity index (χ2v) is 4.96. The van der Waals surface area contributed by atoms with Crippen LogP contribution < -0.4 is 0 Å². The average molecular weight is 182 g/mol. The van der Waals surface area contributed by atoms with E-state index in [-0.39, 0.29) is 0 Å². The number of rotatable bonds is 1. The van der Waals surface area contributed by atoms with Crippen LogP contribution in [0.3, 0.4) is 0 Å². The molecular weight excluding hydrogens is 172 g/mol. The van der Waals surface area contributed by atoms with E-state index < -0.39 is 0 Å². The third-order valence-corrected chi connectivity index (χ3v) is 4.38. The molecule has 0 N–H and O–H groups in total. The average Bonchev–Trinajstić information content (AvgIpc) is 2.53. The molecule has 0 unspecified atom stereocenters. The van der Waals surface area contributed by atoms with E-state index in [1.807, 2.05) is 22.7 Å². The van der Waals surface area contributed by atoms with Gasteiger partial charge in [-0.2, -0.15) is 0 Å². The summed E-state index contributed by atoms with van der Waals surface area (Å²) in [7, 11) is 0. The van der Waals surface area contributed by atoms with E-state index >= 15 is 0 Å². The van der Waals surface area contributed by atoms with Gasteiger partial charge in [0, 0.05) is 10.3 Å². The van der Waals surface area contributed by atoms with Gasteiger partial charge in [-0.15, -0.1) is 22.7 Å². The molecule has 58 valence electrons. The second-order valence-electron chi connectivity index (χ2n) is 2.69. The Morgan fingerprint density at radius 1 is 1.45 bits per heavy atom. The molecule has 0 aliphatic rings. The Balaban J connectivity index is 2.70. The fourth-order valence-electron chi connectivity index (χ4n) is 1.17. The van der Waals surface area contributed by atoms with Gasteiger partial charge in [-0.1, -0.05) is 6.92 Å². The maximum atomic E-state index is 2.33. The van der Waals surface area contributed by atoms with Crippen LogP contribution in [0, 0.1) is 6.92 Å². The number of thiophene rings is 2. The van der Waals surface area contributed by atoms with E-state index in [0.717, 1.165) is 0 Å². The molecule has 2 aromatic heterocycles. The summed E-state index contributed by atoms with van der Waals surface area (Å²) in [6.07, 6.45) is 1.17. The van der Waals surface area contributed by atoms with Crippen LogP contribution in [0.15, 0.2) is 11.4 Å². The van der Waals surface area contributed by atoms with Gasteiger partial charge in [0.2, 0.25) is 0 Å². The molecule has 0 amide bonds. The predicted octanol–water partition coefficient (Wildman–Crippen LogP) is 3.83. The Morgan fingerprint density at radius 3 is 2.91 bits per heavy atom. The summed E-state index contributed by atoms with van der Waals surface area (Å²) in [5, 5.41) is 3.71. The highest BCUT2D eigenvalue weighted by Crippen LogP contribution is 2.33. The van der Waals surface area contributed by atoms with Crippen molar-refractivity contribution >= 4 is 32.1 Å². The first-order valence-corrected chi connectivity index (χ1v) is 5.47. The van der Waals surface area contributed by atoms with E-state index in [4.69, 9.17) is 0 Å². The van der Waals surface area contributed by atoms with Crippen molar-refractivity contribution in [3.8, 4) is 0 Å². The summed E-state index contributed by atoms with van der Waals surface area (Å²) in [4.78, 5) is 1.51. The molecule has 0 aromatic carbocycles. The Kier molecular flexibility index (Phi) is 1.74. The minimum atomic E-state index is 1.17. The highest BCUT2D eigenvalue weighted by atomic mass is 32.2. The lowest BCUT2D eigenvalue weighted by molar-refractivity contribution is 1.19. The lowest BCUT2D eigenvalue weighted by atomic mass is 10.2. The first kappa shape index (κ1) is 7.32. The predicted molar refractivity (Wildman–Crippen MR) is 53.8 cm³/mol. The van der Waals surface area contributed by atoms with Crippen LogP contribution in [0.25, 0.3) is 9.40 Å². The number of aryl methyl sites for hydroxylation is 2. The summed E-state index contributed by atoms with van der Waals surface area (Å²) in [5.74, 6) is 0. The fourth-order valence-corrected chi connectivity index (χ4v) is 3.47. The summed E-state index contributed by atoms with van der Waals surface area (Å²) >= 11 is 3.81. The molecule has 2 heterocycles. The lowest BCUT2D eigenvalue weighted by Gasteiger charge is -1.82. The van der Waals surface area contributed by atoms with Crippen LogP contribution in [0.1, 0.15) is 17.4 Å². The second kappa shape index (κ2) is 2.61. The molecule has 0 radical (unpaired) electrons. The smallest absolute Gasteiger partial charge is 0.0870 e. The molecule has 0 aliphatic carbocycles. The van der Waals surface area contributed by atoms with Crippen LogP contribution in [0.5, 0.6) is 0 Å². The van der Waals surface area contributed by atoms with Gasteiger partial charge in [0.15, 0.2) is 0 Å². The van der Waals surface area contributed by atoms with Gasteiger partial charge in [0.25, 0.3) is 0 Å². The maximum absolute atomic E-state index is 2.33. The lowest BCUT2D eigenvalue weighted by Crippen LogP contribution is -1.66. The Hall–Kier alpha value is -0.340. The number of hydrogen-bond donors (Lipinski definition) is 0. The van der Waals surface area contributed by atoms with Gasteiger partial charge in [-0.25, -0.2) is 0 Å². The molecule has 2 rings (SSSR count). The van der Waals surface area contributed by atoms with Crippen molar-refractivity contribution in [2.75, 3.05) is 0 Å². The molecule has 0 fully saturated rings. The van der Waals surface area contributed by atoms with Crippen LogP contribution in [-0.2, 0) is 6.42 Å². The molecule has 0 aliphatic heterocycles. The fraction of sp³-hybridized carbons (Fsp3) is 0.333. The third-order valence-electron chi connectivity index (χ3n) is 1.87. The minimum Gasteiger partial charge on any atom is -0.133 e. The first-order valence-electron chi connectivity index (χ1n) is 3.77. The van der Waals surface area contributed by atoms with Gasteiger partial charge in [0.1, 0.15) is 0 Å². The zero-order valence-corrected chi connectivity index (χ0v) is 8.31. The molecule has 2 heteroatoms. The normalized spacial score (nSPS) is 11.1. The molecule has 2 aromatic rings. The van der Waals surface area contributed by atoms with E-state index in [2.05, 4.69) is 25.3 Å². The van der Waals surface area contributed by atoms with Gasteiger partial charge < -0.3 is 0 Å². The van der Waals surface area contributed by atoms with E-state index in [1.165, 1.54) is 26.3 Å². The largest absolute Gasteiger partial charge is 0.133 e. The Labute approximate surface area is 74.5 Å². The third kappa shape index (κ3) is 1.10. The van der Waals surface area contributed by atoms with Crippen molar-refractivity contribution in [2.24, 2.45) is 0 Å². The highest BCUT2D eigenvalue weighted by Gasteiger charge is 2.03. The van der Waals surface area contributed by atoms with Gasteiger partial charge in [-0.3, -0.25) is 0 Å². The number of hydrogen-bond acceptors (Lipinski definition) is 2. The zero-order valence-electron chi connectivity index (χ0n) is 6.68. The van der Waals surface area contributed by atoms with Crippen LogP contribution >= 0.6 is 22.7 Å². The van der Waals surface area contributed by atoms with Crippen LogP contribution in [0.4, 0.5) is 0 Å². The maximum Gasteiger partial charge on any atom is 0.0870 e. The molecule has 0 saturated heterocycles. The quantitative estimate of drug-likeness (QED) is 0.628. The van der Waals surface area contributed by atoms with Crippen molar-refractivity contribution < 1.29 is 0 Å². The molecule has 0 spiro atoms. The van der Waals surface area contributed by atoms with E-state index in [0.29, 0.717) is 0 Å². The summed E-state index contributed by atoms with van der Waals surface area (Å²) in [6, 6.07) is 2.33.